The van der Waals surface area contributed by atoms with Gasteiger partial charge in [0.15, 0.2) is 5.79 Å². The summed E-state index contributed by atoms with van der Waals surface area (Å²) in [7, 11) is 0. The highest BCUT2D eigenvalue weighted by molar-refractivity contribution is 5.91. The van der Waals surface area contributed by atoms with E-state index in [0.717, 1.165) is 25.7 Å². The van der Waals surface area contributed by atoms with E-state index >= 15 is 0 Å². The molecule has 0 aromatic carbocycles. The Morgan fingerprint density at radius 1 is 1.38 bits per heavy atom. The molecule has 2 aliphatic rings. The first-order chi connectivity index (χ1) is 10.3. The Bertz CT molecular complexity index is 488. The molecule has 114 valence electrons. The van der Waals surface area contributed by atoms with Crippen molar-refractivity contribution in [3.63, 3.8) is 0 Å². The number of carbonyl (C=O) groups is 1. The summed E-state index contributed by atoms with van der Waals surface area (Å²) < 4.78 is 17.0. The summed E-state index contributed by atoms with van der Waals surface area (Å²) in [5, 5.41) is 2.84. The third kappa shape index (κ3) is 3.74. The minimum absolute atomic E-state index is 0.0518. The molecule has 1 N–H and O–H groups in total. The predicted molar refractivity (Wildman–Crippen MR) is 77.4 cm³/mol. The van der Waals surface area contributed by atoms with Gasteiger partial charge in [-0.1, -0.05) is 6.42 Å². The highest BCUT2D eigenvalue weighted by atomic mass is 16.7. The Morgan fingerprint density at radius 3 is 3.00 bits per heavy atom. The Hall–Kier alpha value is -1.59. The lowest BCUT2D eigenvalue weighted by Crippen LogP contribution is -2.36. The molecule has 0 bridgehead atoms. The van der Waals surface area contributed by atoms with E-state index in [0.29, 0.717) is 18.9 Å². The molecule has 21 heavy (non-hydrogen) atoms. The van der Waals surface area contributed by atoms with Crippen LogP contribution in [0.4, 0.5) is 0 Å². The monoisotopic (exact) mass is 291 g/mol. The highest BCUT2D eigenvalue weighted by Crippen LogP contribution is 2.37. The van der Waals surface area contributed by atoms with E-state index in [1.54, 1.807) is 24.5 Å². The molecular weight excluding hydrogens is 270 g/mol. The first kappa shape index (κ1) is 14.4. The molecule has 1 aliphatic carbocycles. The van der Waals surface area contributed by atoms with Crippen LogP contribution >= 0.6 is 0 Å². The zero-order valence-corrected chi connectivity index (χ0v) is 12.0. The van der Waals surface area contributed by atoms with E-state index in [-0.39, 0.29) is 17.8 Å². The van der Waals surface area contributed by atoms with Crippen molar-refractivity contribution in [1.82, 2.24) is 5.32 Å². The summed E-state index contributed by atoms with van der Waals surface area (Å²) in [6.07, 6.45) is 10.1. The first-order valence-corrected chi connectivity index (χ1v) is 7.57. The Labute approximate surface area is 124 Å². The van der Waals surface area contributed by atoms with Crippen molar-refractivity contribution >= 4 is 12.0 Å². The van der Waals surface area contributed by atoms with Crippen molar-refractivity contribution in [3.8, 4) is 0 Å². The highest BCUT2D eigenvalue weighted by Gasteiger charge is 2.42. The normalized spacial score (nSPS) is 24.7. The standard InChI is InChI=1S/C16H21NO4/c18-15(7-6-13-5-4-10-19-13)17-11-14-12-20-16(21-14)8-2-1-3-9-16/h4-7,10,14H,1-3,8-9,11-12H2,(H,17,18)/b7-6+/t14-/m0/s1. The Morgan fingerprint density at radius 2 is 2.24 bits per heavy atom. The molecule has 5 heteroatoms. The van der Waals surface area contributed by atoms with Crippen LogP contribution in [0, 0.1) is 0 Å². The van der Waals surface area contributed by atoms with Gasteiger partial charge < -0.3 is 19.2 Å². The van der Waals surface area contributed by atoms with Crippen LogP contribution in [0.3, 0.4) is 0 Å². The molecule has 1 saturated heterocycles. The molecule has 3 rings (SSSR count). The lowest BCUT2D eigenvalue weighted by molar-refractivity contribution is -0.186. The number of hydrogen-bond acceptors (Lipinski definition) is 4. The van der Waals surface area contributed by atoms with Crippen LogP contribution in [0.25, 0.3) is 6.08 Å². The van der Waals surface area contributed by atoms with Crippen LogP contribution in [0.2, 0.25) is 0 Å². The van der Waals surface area contributed by atoms with E-state index in [9.17, 15) is 4.79 Å². The molecule has 1 aromatic heterocycles. The molecule has 1 spiro atoms. The maximum Gasteiger partial charge on any atom is 0.244 e. The van der Waals surface area contributed by atoms with Crippen molar-refractivity contribution in [1.29, 1.82) is 0 Å². The molecule has 2 heterocycles. The molecule has 2 fully saturated rings. The largest absolute Gasteiger partial charge is 0.465 e. The van der Waals surface area contributed by atoms with Gasteiger partial charge in [-0.3, -0.25) is 4.79 Å². The third-order valence-corrected chi connectivity index (χ3v) is 3.98. The maximum atomic E-state index is 11.7. The molecular formula is C16H21NO4. The fourth-order valence-electron chi connectivity index (χ4n) is 2.89. The van der Waals surface area contributed by atoms with E-state index in [1.807, 2.05) is 0 Å². The summed E-state index contributed by atoms with van der Waals surface area (Å²) in [6, 6.07) is 3.58. The smallest absolute Gasteiger partial charge is 0.244 e. The van der Waals surface area contributed by atoms with E-state index in [4.69, 9.17) is 13.9 Å². The van der Waals surface area contributed by atoms with Gasteiger partial charge in [-0.25, -0.2) is 0 Å². The summed E-state index contributed by atoms with van der Waals surface area (Å²) in [4.78, 5) is 11.7. The Kier molecular flexibility index (Phi) is 4.41. The van der Waals surface area contributed by atoms with Gasteiger partial charge in [-0.15, -0.1) is 0 Å². The quantitative estimate of drug-likeness (QED) is 0.866. The average molecular weight is 291 g/mol. The van der Waals surface area contributed by atoms with Gasteiger partial charge in [0.2, 0.25) is 5.91 Å². The van der Waals surface area contributed by atoms with Crippen molar-refractivity contribution < 1.29 is 18.7 Å². The number of furan rings is 1. The van der Waals surface area contributed by atoms with Gasteiger partial charge in [0, 0.05) is 25.5 Å². The first-order valence-electron chi connectivity index (χ1n) is 7.57. The van der Waals surface area contributed by atoms with E-state index in [2.05, 4.69) is 5.32 Å². The minimum Gasteiger partial charge on any atom is -0.465 e. The van der Waals surface area contributed by atoms with Gasteiger partial charge >= 0.3 is 0 Å². The molecule has 1 amide bonds. The average Bonchev–Trinajstić information content (AvgIpc) is 3.14. The third-order valence-electron chi connectivity index (χ3n) is 3.98. The topological polar surface area (TPSA) is 60.7 Å². The summed E-state index contributed by atoms with van der Waals surface area (Å²) in [5.74, 6) is 0.129. The Balaban J connectivity index is 1.42. The zero-order valence-electron chi connectivity index (χ0n) is 12.0. The SMILES string of the molecule is O=C(/C=C/c1ccco1)NC[C@H]1COC2(CCCCC2)O1. The van der Waals surface area contributed by atoms with Crippen LogP contribution in [-0.2, 0) is 14.3 Å². The van der Waals surface area contributed by atoms with Gasteiger partial charge in [-0.05, 0) is 31.1 Å². The number of carbonyl (C=O) groups excluding carboxylic acids is 1. The van der Waals surface area contributed by atoms with Crippen molar-refractivity contribution in [2.24, 2.45) is 0 Å². The minimum atomic E-state index is -0.377. The summed E-state index contributed by atoms with van der Waals surface area (Å²) >= 11 is 0. The molecule has 5 nitrogen and oxygen atoms in total. The van der Waals surface area contributed by atoms with E-state index in [1.165, 1.54) is 12.5 Å². The van der Waals surface area contributed by atoms with E-state index < -0.39 is 0 Å². The second kappa shape index (κ2) is 6.45. The van der Waals surface area contributed by atoms with Gasteiger partial charge in [-0.2, -0.15) is 0 Å². The second-order valence-corrected chi connectivity index (χ2v) is 5.62. The van der Waals surface area contributed by atoms with Gasteiger partial charge in [0.1, 0.15) is 11.9 Å². The zero-order chi connectivity index (χ0) is 14.5. The fourth-order valence-corrected chi connectivity index (χ4v) is 2.89. The molecule has 1 aliphatic heterocycles. The lowest BCUT2D eigenvalue weighted by atomic mass is 9.94. The summed E-state index contributed by atoms with van der Waals surface area (Å²) in [6.45, 7) is 1.03. The molecule has 1 aromatic rings. The number of amides is 1. The molecule has 0 radical (unpaired) electrons. The van der Waals surface area contributed by atoms with Crippen molar-refractivity contribution in [3.05, 3.63) is 30.2 Å². The summed E-state index contributed by atoms with van der Waals surface area (Å²) in [5.41, 5.74) is 0. The van der Waals surface area contributed by atoms with Crippen LogP contribution in [-0.4, -0.2) is 30.9 Å². The fraction of sp³-hybridized carbons (Fsp3) is 0.562. The van der Waals surface area contributed by atoms with Gasteiger partial charge in [0.25, 0.3) is 0 Å². The van der Waals surface area contributed by atoms with Crippen LogP contribution < -0.4 is 5.32 Å². The second-order valence-electron chi connectivity index (χ2n) is 5.62. The van der Waals surface area contributed by atoms with Crippen LogP contribution in [0.1, 0.15) is 37.9 Å². The molecule has 1 saturated carbocycles. The number of ether oxygens (including phenoxy) is 2. The van der Waals surface area contributed by atoms with Crippen molar-refractivity contribution in [2.75, 3.05) is 13.2 Å². The molecule has 0 unspecified atom stereocenters. The molecule has 1 atom stereocenters. The van der Waals surface area contributed by atoms with Gasteiger partial charge in [0.05, 0.1) is 12.9 Å². The number of hydrogen-bond donors (Lipinski definition) is 1. The van der Waals surface area contributed by atoms with Crippen LogP contribution in [0.15, 0.2) is 28.9 Å². The number of nitrogens with one attached hydrogen (secondary N) is 1. The van der Waals surface area contributed by atoms with Crippen LogP contribution in [0.5, 0.6) is 0 Å². The van der Waals surface area contributed by atoms with Crippen molar-refractivity contribution in [2.45, 2.75) is 44.0 Å². The number of rotatable bonds is 4. The maximum absolute atomic E-state index is 11.7. The lowest BCUT2D eigenvalue weighted by Gasteiger charge is -2.31. The predicted octanol–water partition coefficient (Wildman–Crippen LogP) is 2.48.